The molecule has 0 unspecified atom stereocenters. The predicted molar refractivity (Wildman–Crippen MR) is 93.4 cm³/mol. The number of benzene rings is 2. The number of anilines is 2. The van der Waals surface area contributed by atoms with Gasteiger partial charge in [0.25, 0.3) is 5.91 Å². The molecule has 2 aromatic rings. The summed E-state index contributed by atoms with van der Waals surface area (Å²) in [6, 6.07) is 11.5. The van der Waals surface area contributed by atoms with Gasteiger partial charge in [-0.3, -0.25) is 4.79 Å². The molecule has 126 valence electrons. The minimum Gasteiger partial charge on any atom is -0.482 e. The fraction of sp³-hybridized carbons (Fsp3) is 0.278. The van der Waals surface area contributed by atoms with E-state index in [1.54, 1.807) is 0 Å². The molecule has 0 saturated carbocycles. The lowest BCUT2D eigenvalue weighted by Gasteiger charge is -2.21. The largest absolute Gasteiger partial charge is 0.482 e. The number of para-hydroxylation sites is 2. The number of nitrogens with one attached hydrogen (secondary N) is 1. The topological polar surface area (TPSA) is 41.6 Å². The van der Waals surface area contributed by atoms with Crippen molar-refractivity contribution in [3.8, 4) is 5.75 Å². The standard InChI is InChI=1S/C18H18ClFN2O2/c19-14-11-13(20)7-8-17(14)24-12-18(23)21-15-5-1-2-6-16(15)22-9-3-4-10-22/h1-2,5-8,11H,3-4,9-10,12H2,(H,21,23). The Kier molecular flexibility index (Phi) is 5.20. The van der Waals surface area contributed by atoms with Gasteiger partial charge in [-0.2, -0.15) is 0 Å². The van der Waals surface area contributed by atoms with Gasteiger partial charge in [-0.05, 0) is 43.2 Å². The highest BCUT2D eigenvalue weighted by Gasteiger charge is 2.16. The van der Waals surface area contributed by atoms with Gasteiger partial charge >= 0.3 is 0 Å². The Hall–Kier alpha value is -2.27. The van der Waals surface area contributed by atoms with Crippen molar-refractivity contribution in [2.75, 3.05) is 29.9 Å². The summed E-state index contributed by atoms with van der Waals surface area (Å²) in [5.41, 5.74) is 1.78. The summed E-state index contributed by atoms with van der Waals surface area (Å²) in [5.74, 6) is -0.459. The van der Waals surface area contributed by atoms with Crippen molar-refractivity contribution in [1.29, 1.82) is 0 Å². The van der Waals surface area contributed by atoms with Crippen LogP contribution >= 0.6 is 11.6 Å². The second kappa shape index (κ2) is 7.53. The molecule has 0 radical (unpaired) electrons. The van der Waals surface area contributed by atoms with Crippen LogP contribution in [0.2, 0.25) is 5.02 Å². The molecule has 0 aliphatic carbocycles. The number of nitrogens with zero attached hydrogens (tertiary/aromatic N) is 1. The monoisotopic (exact) mass is 348 g/mol. The van der Waals surface area contributed by atoms with E-state index < -0.39 is 5.82 Å². The van der Waals surface area contributed by atoms with Crippen molar-refractivity contribution in [3.63, 3.8) is 0 Å². The Labute approximate surface area is 145 Å². The van der Waals surface area contributed by atoms with Crippen molar-refractivity contribution in [2.45, 2.75) is 12.8 Å². The fourth-order valence-electron chi connectivity index (χ4n) is 2.73. The van der Waals surface area contributed by atoms with Gasteiger partial charge in [0, 0.05) is 13.1 Å². The molecule has 4 nitrogen and oxygen atoms in total. The van der Waals surface area contributed by atoms with Crippen molar-refractivity contribution < 1.29 is 13.9 Å². The highest BCUT2D eigenvalue weighted by atomic mass is 35.5. The Balaban J connectivity index is 1.63. The molecule has 1 N–H and O–H groups in total. The van der Waals surface area contributed by atoms with Gasteiger partial charge in [0.1, 0.15) is 11.6 Å². The summed E-state index contributed by atoms with van der Waals surface area (Å²) in [4.78, 5) is 14.4. The number of hydrogen-bond acceptors (Lipinski definition) is 3. The normalized spacial score (nSPS) is 13.8. The third-order valence-electron chi connectivity index (χ3n) is 3.88. The number of carbonyl (C=O) groups is 1. The Morgan fingerprint density at radius 3 is 2.71 bits per heavy atom. The molecule has 0 bridgehead atoms. The van der Waals surface area contributed by atoms with E-state index in [2.05, 4.69) is 10.2 Å². The molecule has 2 aromatic carbocycles. The van der Waals surface area contributed by atoms with Crippen molar-refractivity contribution in [3.05, 3.63) is 53.3 Å². The quantitative estimate of drug-likeness (QED) is 0.884. The third-order valence-corrected chi connectivity index (χ3v) is 4.17. The smallest absolute Gasteiger partial charge is 0.262 e. The van der Waals surface area contributed by atoms with E-state index in [1.807, 2.05) is 24.3 Å². The summed E-state index contributed by atoms with van der Waals surface area (Å²) in [7, 11) is 0. The minimum atomic E-state index is -0.448. The molecule has 3 rings (SSSR count). The summed E-state index contributed by atoms with van der Waals surface area (Å²) in [6.45, 7) is 1.79. The van der Waals surface area contributed by atoms with Gasteiger partial charge in [0.15, 0.2) is 6.61 Å². The summed E-state index contributed by atoms with van der Waals surface area (Å²) in [6.07, 6.45) is 2.32. The van der Waals surface area contributed by atoms with Crippen LogP contribution in [0.1, 0.15) is 12.8 Å². The van der Waals surface area contributed by atoms with Crippen molar-refractivity contribution in [2.24, 2.45) is 0 Å². The zero-order valence-corrected chi connectivity index (χ0v) is 13.9. The van der Waals surface area contributed by atoms with Crippen LogP contribution in [0, 0.1) is 5.82 Å². The lowest BCUT2D eigenvalue weighted by molar-refractivity contribution is -0.118. The van der Waals surface area contributed by atoms with Gasteiger partial charge in [0.2, 0.25) is 0 Å². The minimum absolute atomic E-state index is 0.139. The Morgan fingerprint density at radius 2 is 1.96 bits per heavy atom. The van der Waals surface area contributed by atoms with E-state index in [1.165, 1.54) is 12.1 Å². The molecule has 24 heavy (non-hydrogen) atoms. The first-order chi connectivity index (χ1) is 11.6. The Bertz CT molecular complexity index is 733. The molecular formula is C18H18ClFN2O2. The third kappa shape index (κ3) is 3.97. The molecule has 1 amide bonds. The van der Waals surface area contributed by atoms with Crippen LogP contribution in [-0.2, 0) is 4.79 Å². The second-order valence-electron chi connectivity index (χ2n) is 5.62. The number of amides is 1. The number of hydrogen-bond donors (Lipinski definition) is 1. The first kappa shape index (κ1) is 16.6. The maximum atomic E-state index is 13.0. The van der Waals surface area contributed by atoms with Crippen LogP contribution in [0.25, 0.3) is 0 Å². The fourth-order valence-corrected chi connectivity index (χ4v) is 2.96. The van der Waals surface area contributed by atoms with Crippen LogP contribution in [-0.4, -0.2) is 25.6 Å². The molecule has 1 saturated heterocycles. The molecule has 1 aliphatic rings. The SMILES string of the molecule is O=C(COc1ccc(F)cc1Cl)Nc1ccccc1N1CCCC1. The van der Waals surface area contributed by atoms with E-state index in [0.717, 1.165) is 43.4 Å². The van der Waals surface area contributed by atoms with Crippen LogP contribution in [0.3, 0.4) is 0 Å². The van der Waals surface area contributed by atoms with E-state index in [-0.39, 0.29) is 23.3 Å². The Morgan fingerprint density at radius 1 is 1.21 bits per heavy atom. The van der Waals surface area contributed by atoms with Gasteiger partial charge in [0.05, 0.1) is 16.4 Å². The van der Waals surface area contributed by atoms with Gasteiger partial charge < -0.3 is 15.0 Å². The van der Waals surface area contributed by atoms with Gasteiger partial charge in [-0.25, -0.2) is 4.39 Å². The summed E-state index contributed by atoms with van der Waals surface area (Å²) >= 11 is 5.88. The van der Waals surface area contributed by atoms with Crippen LogP contribution in [0.15, 0.2) is 42.5 Å². The average molecular weight is 349 g/mol. The van der Waals surface area contributed by atoms with Crippen LogP contribution < -0.4 is 15.0 Å². The molecule has 1 aliphatic heterocycles. The summed E-state index contributed by atoms with van der Waals surface area (Å²) < 4.78 is 18.4. The van der Waals surface area contributed by atoms with Crippen LogP contribution in [0.5, 0.6) is 5.75 Å². The second-order valence-corrected chi connectivity index (χ2v) is 6.03. The zero-order valence-electron chi connectivity index (χ0n) is 13.1. The van der Waals surface area contributed by atoms with E-state index >= 15 is 0 Å². The van der Waals surface area contributed by atoms with Crippen LogP contribution in [0.4, 0.5) is 15.8 Å². The molecule has 1 fully saturated rings. The molecule has 0 atom stereocenters. The zero-order chi connectivity index (χ0) is 16.9. The maximum absolute atomic E-state index is 13.0. The molecule has 6 heteroatoms. The lowest BCUT2D eigenvalue weighted by Crippen LogP contribution is -2.24. The number of carbonyl (C=O) groups excluding carboxylic acids is 1. The van der Waals surface area contributed by atoms with E-state index in [9.17, 15) is 9.18 Å². The number of halogens is 2. The van der Waals surface area contributed by atoms with E-state index in [0.29, 0.717) is 0 Å². The molecule has 0 spiro atoms. The predicted octanol–water partition coefficient (Wildman–Crippen LogP) is 4.10. The first-order valence-corrected chi connectivity index (χ1v) is 8.23. The van der Waals surface area contributed by atoms with Gasteiger partial charge in [-0.1, -0.05) is 23.7 Å². The summed E-state index contributed by atoms with van der Waals surface area (Å²) in [5, 5.41) is 3.00. The maximum Gasteiger partial charge on any atom is 0.262 e. The highest BCUT2D eigenvalue weighted by molar-refractivity contribution is 6.32. The molecular weight excluding hydrogens is 331 g/mol. The molecule has 0 aromatic heterocycles. The first-order valence-electron chi connectivity index (χ1n) is 7.85. The number of ether oxygens (including phenoxy) is 1. The highest BCUT2D eigenvalue weighted by Crippen LogP contribution is 2.29. The lowest BCUT2D eigenvalue weighted by atomic mass is 10.2. The number of rotatable bonds is 5. The van der Waals surface area contributed by atoms with E-state index in [4.69, 9.17) is 16.3 Å². The van der Waals surface area contributed by atoms with Crippen molar-refractivity contribution in [1.82, 2.24) is 0 Å². The molecule has 1 heterocycles. The average Bonchev–Trinajstić information content (AvgIpc) is 3.09. The van der Waals surface area contributed by atoms with Crippen molar-refractivity contribution >= 4 is 28.9 Å². The van der Waals surface area contributed by atoms with Gasteiger partial charge in [-0.15, -0.1) is 0 Å².